The van der Waals surface area contributed by atoms with Gasteiger partial charge in [-0.1, -0.05) is 19.9 Å². The number of benzene rings is 2. The summed E-state index contributed by atoms with van der Waals surface area (Å²) >= 11 is 0. The molecule has 2 unspecified atom stereocenters. The molecule has 0 aliphatic carbocycles. The third-order valence-corrected chi connectivity index (χ3v) is 6.84. The quantitative estimate of drug-likeness (QED) is 0.422. The van der Waals surface area contributed by atoms with Gasteiger partial charge >= 0.3 is 5.97 Å². The van der Waals surface area contributed by atoms with E-state index in [0.717, 1.165) is 6.42 Å². The van der Waals surface area contributed by atoms with E-state index in [9.17, 15) is 18.0 Å². The van der Waals surface area contributed by atoms with Crippen LogP contribution in [0.1, 0.15) is 47.9 Å². The molecule has 2 atom stereocenters. The molecule has 0 saturated carbocycles. The number of Topliss-reactive ketones (excluding diaryl/α,β-unsaturated/α-hetero) is 1. The smallest absolute Gasteiger partial charge is 0.343 e. The lowest BCUT2D eigenvalue weighted by molar-refractivity contribution is 0.0734. The van der Waals surface area contributed by atoms with Gasteiger partial charge in [0.1, 0.15) is 5.75 Å². The molecule has 2 aromatic rings. The predicted molar refractivity (Wildman–Crippen MR) is 110 cm³/mol. The summed E-state index contributed by atoms with van der Waals surface area (Å²) in [6.07, 6.45) is 1.00. The number of esters is 1. The van der Waals surface area contributed by atoms with Crippen molar-refractivity contribution < 1.29 is 22.7 Å². The normalized spacial score (nSPS) is 20.2. The molecule has 154 valence electrons. The van der Waals surface area contributed by atoms with Crippen LogP contribution in [-0.2, 0) is 10.0 Å². The van der Waals surface area contributed by atoms with E-state index in [4.69, 9.17) is 4.74 Å². The van der Waals surface area contributed by atoms with Gasteiger partial charge in [-0.3, -0.25) is 4.79 Å². The molecule has 0 amide bonds. The highest BCUT2D eigenvalue weighted by atomic mass is 32.2. The average molecular weight is 416 g/mol. The van der Waals surface area contributed by atoms with Crippen LogP contribution in [0.4, 0.5) is 0 Å². The van der Waals surface area contributed by atoms with Crippen LogP contribution < -0.4 is 4.74 Å². The molecule has 1 heterocycles. The molecular formula is C22H25NO5S. The fraction of sp³-hybridized carbons (Fsp3) is 0.364. The molecular weight excluding hydrogens is 390 g/mol. The van der Waals surface area contributed by atoms with Crippen molar-refractivity contribution in [2.75, 3.05) is 13.1 Å². The Morgan fingerprint density at radius 3 is 2.17 bits per heavy atom. The minimum Gasteiger partial charge on any atom is -0.423 e. The monoisotopic (exact) mass is 415 g/mol. The van der Waals surface area contributed by atoms with Gasteiger partial charge in [0.2, 0.25) is 10.0 Å². The lowest BCUT2D eigenvalue weighted by Gasteiger charge is -2.34. The maximum Gasteiger partial charge on any atom is 0.343 e. The number of rotatable bonds is 5. The maximum atomic E-state index is 13.1. The van der Waals surface area contributed by atoms with Gasteiger partial charge in [0.05, 0.1) is 10.5 Å². The van der Waals surface area contributed by atoms with E-state index < -0.39 is 16.0 Å². The van der Waals surface area contributed by atoms with Crippen LogP contribution in [0.2, 0.25) is 0 Å². The van der Waals surface area contributed by atoms with Gasteiger partial charge in [0.25, 0.3) is 0 Å². The van der Waals surface area contributed by atoms with Crippen molar-refractivity contribution in [2.24, 2.45) is 11.8 Å². The first-order valence-electron chi connectivity index (χ1n) is 9.60. The SMILES string of the molecule is CC(=O)c1ccc(OC(=O)c2cccc(S(=O)(=O)N3CC(C)CC(C)C3)c2)cc1. The number of hydrogen-bond acceptors (Lipinski definition) is 5. The molecule has 7 heteroatoms. The summed E-state index contributed by atoms with van der Waals surface area (Å²) in [5, 5.41) is 0. The van der Waals surface area contributed by atoms with E-state index in [1.165, 1.54) is 41.6 Å². The van der Waals surface area contributed by atoms with E-state index in [1.54, 1.807) is 18.2 Å². The zero-order valence-electron chi connectivity index (χ0n) is 16.8. The second-order valence-corrected chi connectivity index (χ2v) is 9.70. The number of nitrogens with zero attached hydrogens (tertiary/aromatic N) is 1. The van der Waals surface area contributed by atoms with Gasteiger partial charge in [0.15, 0.2) is 5.78 Å². The highest BCUT2D eigenvalue weighted by Crippen LogP contribution is 2.27. The first-order valence-corrected chi connectivity index (χ1v) is 11.0. The van der Waals surface area contributed by atoms with Crippen LogP contribution in [0.25, 0.3) is 0 Å². The molecule has 29 heavy (non-hydrogen) atoms. The molecule has 1 saturated heterocycles. The topological polar surface area (TPSA) is 80.8 Å². The summed E-state index contributed by atoms with van der Waals surface area (Å²) in [6, 6.07) is 12.1. The van der Waals surface area contributed by atoms with Crippen molar-refractivity contribution in [1.82, 2.24) is 4.31 Å². The van der Waals surface area contributed by atoms with Gasteiger partial charge in [-0.25, -0.2) is 13.2 Å². The summed E-state index contributed by atoms with van der Waals surface area (Å²) < 4.78 is 32.9. The Morgan fingerprint density at radius 1 is 0.966 bits per heavy atom. The standard InChI is InChI=1S/C22H25NO5S/c1-15-11-16(2)14-23(13-15)29(26,27)21-6-4-5-19(12-21)22(25)28-20-9-7-18(8-10-20)17(3)24/h4-10,12,15-16H,11,13-14H2,1-3H3. The number of ketones is 1. The highest BCUT2D eigenvalue weighted by molar-refractivity contribution is 7.89. The highest BCUT2D eigenvalue weighted by Gasteiger charge is 2.32. The van der Waals surface area contributed by atoms with E-state index >= 15 is 0 Å². The third kappa shape index (κ3) is 4.92. The fourth-order valence-corrected chi connectivity index (χ4v) is 5.38. The zero-order chi connectivity index (χ0) is 21.2. The van der Waals surface area contributed by atoms with Crippen molar-refractivity contribution in [3.8, 4) is 5.75 Å². The van der Waals surface area contributed by atoms with Crippen molar-refractivity contribution in [1.29, 1.82) is 0 Å². The van der Waals surface area contributed by atoms with Gasteiger partial charge < -0.3 is 4.74 Å². The molecule has 1 aliphatic rings. The maximum absolute atomic E-state index is 13.1. The van der Waals surface area contributed by atoms with Gasteiger partial charge in [-0.05, 0) is 67.6 Å². The number of carbonyl (C=O) groups excluding carboxylic acids is 2. The number of carbonyl (C=O) groups is 2. The van der Waals surface area contributed by atoms with Gasteiger partial charge in [0, 0.05) is 18.7 Å². The summed E-state index contributed by atoms with van der Waals surface area (Å²) in [6.45, 7) is 6.50. The second-order valence-electron chi connectivity index (χ2n) is 7.77. The van der Waals surface area contributed by atoms with Crippen molar-refractivity contribution in [3.05, 3.63) is 59.7 Å². The van der Waals surface area contributed by atoms with E-state index in [2.05, 4.69) is 0 Å². The van der Waals surface area contributed by atoms with Gasteiger partial charge in [-0.15, -0.1) is 0 Å². The molecule has 1 fully saturated rings. The first kappa shape index (κ1) is 21.2. The summed E-state index contributed by atoms with van der Waals surface area (Å²) in [5.41, 5.74) is 0.669. The van der Waals surface area contributed by atoms with Crippen LogP contribution in [0.5, 0.6) is 5.75 Å². The zero-order valence-corrected chi connectivity index (χ0v) is 17.6. The Hall–Kier alpha value is -2.51. The largest absolute Gasteiger partial charge is 0.423 e. The second kappa shape index (κ2) is 8.47. The number of ether oxygens (including phenoxy) is 1. The number of hydrogen-bond donors (Lipinski definition) is 0. The fourth-order valence-electron chi connectivity index (χ4n) is 3.66. The summed E-state index contributed by atoms with van der Waals surface area (Å²) in [5.74, 6) is 0.131. The van der Waals surface area contributed by atoms with Crippen LogP contribution in [-0.4, -0.2) is 37.6 Å². The van der Waals surface area contributed by atoms with E-state index in [0.29, 0.717) is 30.5 Å². The molecule has 6 nitrogen and oxygen atoms in total. The minimum absolute atomic E-state index is 0.0814. The van der Waals surface area contributed by atoms with Crippen molar-refractivity contribution >= 4 is 21.8 Å². The lowest BCUT2D eigenvalue weighted by Crippen LogP contribution is -2.42. The van der Waals surface area contributed by atoms with Gasteiger partial charge in [-0.2, -0.15) is 4.31 Å². The van der Waals surface area contributed by atoms with Crippen LogP contribution in [0, 0.1) is 11.8 Å². The average Bonchev–Trinajstić information content (AvgIpc) is 2.67. The van der Waals surface area contributed by atoms with Crippen LogP contribution >= 0.6 is 0 Å². The predicted octanol–water partition coefficient (Wildman–Crippen LogP) is 3.78. The molecule has 2 aromatic carbocycles. The number of sulfonamides is 1. The van der Waals surface area contributed by atoms with E-state index in [-0.39, 0.29) is 22.0 Å². The lowest BCUT2D eigenvalue weighted by atomic mass is 9.94. The minimum atomic E-state index is -3.68. The summed E-state index contributed by atoms with van der Waals surface area (Å²) in [7, 11) is -3.68. The van der Waals surface area contributed by atoms with Crippen LogP contribution in [0.15, 0.2) is 53.4 Å². The van der Waals surface area contributed by atoms with E-state index in [1.807, 2.05) is 13.8 Å². The van der Waals surface area contributed by atoms with Crippen molar-refractivity contribution in [2.45, 2.75) is 32.1 Å². The molecule has 3 rings (SSSR count). The Kier molecular flexibility index (Phi) is 6.19. The molecule has 0 aromatic heterocycles. The van der Waals surface area contributed by atoms with Crippen molar-refractivity contribution in [3.63, 3.8) is 0 Å². The van der Waals surface area contributed by atoms with Crippen LogP contribution in [0.3, 0.4) is 0 Å². The molecule has 1 aliphatic heterocycles. The Balaban J connectivity index is 1.79. The molecule has 0 N–H and O–H groups in total. The first-order chi connectivity index (χ1) is 13.7. The third-order valence-electron chi connectivity index (χ3n) is 5.01. The summed E-state index contributed by atoms with van der Waals surface area (Å²) in [4.78, 5) is 23.9. The number of piperidine rings is 1. The Morgan fingerprint density at radius 2 is 1.59 bits per heavy atom. The molecule has 0 radical (unpaired) electrons. The molecule has 0 bridgehead atoms. The Labute approximate surface area is 171 Å². The molecule has 0 spiro atoms. The Bertz CT molecular complexity index is 1000.